The van der Waals surface area contributed by atoms with Gasteiger partial charge < -0.3 is 19.5 Å². The van der Waals surface area contributed by atoms with Crippen molar-refractivity contribution < 1.29 is 9.21 Å². The Morgan fingerprint density at radius 1 is 1.29 bits per heavy atom. The van der Waals surface area contributed by atoms with Gasteiger partial charge in [0.05, 0.1) is 12.8 Å². The molecule has 1 amide bonds. The number of hydrogen-bond donors (Lipinski definition) is 1. The van der Waals surface area contributed by atoms with Crippen LogP contribution in [0.5, 0.6) is 0 Å². The summed E-state index contributed by atoms with van der Waals surface area (Å²) in [6, 6.07) is 12.6. The first-order valence-electron chi connectivity index (χ1n) is 11.2. The Kier molecular flexibility index (Phi) is 7.57. The number of hydrogen-bond acceptors (Lipinski definition) is 4. The van der Waals surface area contributed by atoms with E-state index in [1.54, 1.807) is 6.26 Å². The lowest BCUT2D eigenvalue weighted by Gasteiger charge is -2.24. The van der Waals surface area contributed by atoms with Gasteiger partial charge in [0.15, 0.2) is 5.96 Å². The number of nitrogens with one attached hydrogen (secondary N) is 1. The van der Waals surface area contributed by atoms with Crippen LogP contribution < -0.4 is 10.2 Å². The molecule has 6 nitrogen and oxygen atoms in total. The van der Waals surface area contributed by atoms with E-state index >= 15 is 0 Å². The number of aliphatic imine (C=N–C) groups is 1. The number of likely N-dealkylation sites (tertiary alicyclic amines) is 1. The summed E-state index contributed by atoms with van der Waals surface area (Å²) in [7, 11) is 0. The van der Waals surface area contributed by atoms with E-state index in [4.69, 9.17) is 9.41 Å². The highest BCUT2D eigenvalue weighted by Crippen LogP contribution is 2.38. The number of amides is 1. The zero-order valence-corrected chi connectivity index (χ0v) is 19.1. The molecule has 1 aromatic carbocycles. The molecule has 1 N–H and O–H groups in total. The van der Waals surface area contributed by atoms with E-state index in [9.17, 15) is 4.79 Å². The summed E-state index contributed by atoms with van der Waals surface area (Å²) in [6.07, 6.45) is 7.35. The zero-order valence-electron chi connectivity index (χ0n) is 18.3. The lowest BCUT2D eigenvalue weighted by Crippen LogP contribution is -2.42. The summed E-state index contributed by atoms with van der Waals surface area (Å²) >= 11 is 1.81. The molecule has 0 spiro atoms. The third-order valence-corrected chi connectivity index (χ3v) is 6.63. The number of furan rings is 1. The van der Waals surface area contributed by atoms with Gasteiger partial charge in [-0.05, 0) is 42.9 Å². The summed E-state index contributed by atoms with van der Waals surface area (Å²) in [5.41, 5.74) is 2.59. The molecule has 1 fully saturated rings. The number of benzene rings is 1. The normalized spacial score (nSPS) is 18.7. The minimum atomic E-state index is 0.307. The third kappa shape index (κ3) is 5.45. The number of nitrogens with zero attached hydrogens (tertiary/aromatic N) is 3. The van der Waals surface area contributed by atoms with Crippen molar-refractivity contribution in [3.63, 3.8) is 0 Å². The van der Waals surface area contributed by atoms with Crippen LogP contribution in [-0.4, -0.2) is 61.5 Å². The molecule has 2 aromatic rings. The third-order valence-electron chi connectivity index (χ3n) is 6.04. The molecule has 1 saturated heterocycles. The second-order valence-corrected chi connectivity index (χ2v) is 9.08. The van der Waals surface area contributed by atoms with Crippen molar-refractivity contribution in [1.82, 2.24) is 10.2 Å². The molecular formula is C24H32N4O2S. The average Bonchev–Trinajstić information content (AvgIpc) is 3.52. The van der Waals surface area contributed by atoms with Crippen molar-refractivity contribution in [2.75, 3.05) is 49.6 Å². The molecule has 7 heteroatoms. The molecule has 1 aromatic heterocycles. The Morgan fingerprint density at radius 3 is 2.97 bits per heavy atom. The zero-order chi connectivity index (χ0) is 21.5. The fourth-order valence-corrected chi connectivity index (χ4v) is 4.70. The molecular weight excluding hydrogens is 408 g/mol. The Bertz CT molecular complexity index is 883. The van der Waals surface area contributed by atoms with Crippen LogP contribution in [0.2, 0.25) is 0 Å². The number of fused-ring (bicyclic) bond motifs is 1. The number of para-hydroxylation sites is 1. The Labute approximate surface area is 189 Å². The maximum Gasteiger partial charge on any atom is 0.222 e. The smallest absolute Gasteiger partial charge is 0.222 e. The van der Waals surface area contributed by atoms with Crippen molar-refractivity contribution in [1.29, 1.82) is 0 Å². The molecule has 4 rings (SSSR count). The Hall–Kier alpha value is -2.41. The molecule has 2 aliphatic heterocycles. The quantitative estimate of drug-likeness (QED) is 0.366. The van der Waals surface area contributed by atoms with Crippen LogP contribution in [-0.2, 0) is 11.2 Å². The van der Waals surface area contributed by atoms with Crippen molar-refractivity contribution in [2.24, 2.45) is 4.99 Å². The number of guanidine groups is 1. The lowest BCUT2D eigenvalue weighted by molar-refractivity contribution is -0.127. The summed E-state index contributed by atoms with van der Waals surface area (Å²) in [5.74, 6) is 3.63. The molecule has 1 unspecified atom stereocenters. The molecule has 31 heavy (non-hydrogen) atoms. The van der Waals surface area contributed by atoms with Crippen LogP contribution >= 0.6 is 11.8 Å². The van der Waals surface area contributed by atoms with E-state index in [0.29, 0.717) is 18.2 Å². The Balaban J connectivity index is 1.45. The van der Waals surface area contributed by atoms with Gasteiger partial charge >= 0.3 is 0 Å². The molecule has 3 heterocycles. The average molecular weight is 441 g/mol. The first-order chi connectivity index (χ1) is 15.3. The van der Waals surface area contributed by atoms with Crippen LogP contribution in [0, 0.1) is 0 Å². The SMILES string of the molecule is CSCCN=C(NCCc1ccco1)N1CC(CCN2CCCC2=O)c2ccccc21. The number of carbonyl (C=O) groups is 1. The fraction of sp³-hybridized carbons (Fsp3) is 0.500. The largest absolute Gasteiger partial charge is 0.469 e. The van der Waals surface area contributed by atoms with Gasteiger partial charge in [0, 0.05) is 56.4 Å². The van der Waals surface area contributed by atoms with Crippen molar-refractivity contribution in [3.8, 4) is 0 Å². The van der Waals surface area contributed by atoms with Crippen molar-refractivity contribution >= 4 is 29.3 Å². The second kappa shape index (κ2) is 10.8. The molecule has 0 bridgehead atoms. The van der Waals surface area contributed by atoms with Gasteiger partial charge in [-0.3, -0.25) is 9.79 Å². The summed E-state index contributed by atoms with van der Waals surface area (Å²) in [5, 5.41) is 3.57. The molecule has 0 radical (unpaired) electrons. The summed E-state index contributed by atoms with van der Waals surface area (Å²) in [4.78, 5) is 21.3. The van der Waals surface area contributed by atoms with E-state index in [-0.39, 0.29) is 0 Å². The molecule has 2 aliphatic rings. The minimum absolute atomic E-state index is 0.307. The fourth-order valence-electron chi connectivity index (χ4n) is 4.43. The Morgan fingerprint density at radius 2 is 2.19 bits per heavy atom. The molecule has 0 saturated carbocycles. The van der Waals surface area contributed by atoms with Gasteiger partial charge in [0.25, 0.3) is 0 Å². The van der Waals surface area contributed by atoms with Gasteiger partial charge in [-0.25, -0.2) is 0 Å². The van der Waals surface area contributed by atoms with Gasteiger partial charge in [-0.1, -0.05) is 18.2 Å². The van der Waals surface area contributed by atoms with Crippen molar-refractivity contribution in [3.05, 3.63) is 54.0 Å². The highest BCUT2D eigenvalue weighted by molar-refractivity contribution is 7.98. The first-order valence-corrected chi connectivity index (χ1v) is 12.6. The minimum Gasteiger partial charge on any atom is -0.469 e. The van der Waals surface area contributed by atoms with E-state index in [2.05, 4.69) is 40.7 Å². The highest BCUT2D eigenvalue weighted by Gasteiger charge is 2.32. The van der Waals surface area contributed by atoms with Crippen LogP contribution in [0.25, 0.3) is 0 Å². The van der Waals surface area contributed by atoms with Crippen LogP contribution in [0.3, 0.4) is 0 Å². The van der Waals surface area contributed by atoms with Crippen molar-refractivity contribution in [2.45, 2.75) is 31.6 Å². The van der Waals surface area contributed by atoms with Gasteiger partial charge in [0.1, 0.15) is 5.76 Å². The lowest BCUT2D eigenvalue weighted by atomic mass is 9.98. The van der Waals surface area contributed by atoms with Crippen LogP contribution in [0.4, 0.5) is 5.69 Å². The summed E-state index contributed by atoms with van der Waals surface area (Å²) < 4.78 is 5.47. The van der Waals surface area contributed by atoms with Gasteiger partial charge in [0.2, 0.25) is 5.91 Å². The predicted octanol–water partition coefficient (Wildman–Crippen LogP) is 3.75. The number of thioether (sulfide) groups is 1. The predicted molar refractivity (Wildman–Crippen MR) is 128 cm³/mol. The van der Waals surface area contributed by atoms with E-state index in [1.165, 1.54) is 11.3 Å². The van der Waals surface area contributed by atoms with Crippen LogP contribution in [0.1, 0.15) is 36.5 Å². The first kappa shape index (κ1) is 21.8. The van der Waals surface area contributed by atoms with Gasteiger partial charge in [-0.15, -0.1) is 0 Å². The maximum absolute atomic E-state index is 12.0. The van der Waals surface area contributed by atoms with E-state index < -0.39 is 0 Å². The second-order valence-electron chi connectivity index (χ2n) is 8.09. The maximum atomic E-state index is 12.0. The number of rotatable bonds is 9. The molecule has 1 atom stereocenters. The monoisotopic (exact) mass is 440 g/mol. The van der Waals surface area contributed by atoms with Gasteiger partial charge in [-0.2, -0.15) is 11.8 Å². The van der Waals surface area contributed by atoms with E-state index in [1.807, 2.05) is 28.8 Å². The topological polar surface area (TPSA) is 61.1 Å². The summed E-state index contributed by atoms with van der Waals surface area (Å²) in [6.45, 7) is 4.21. The number of anilines is 1. The molecule has 166 valence electrons. The molecule has 0 aliphatic carbocycles. The highest BCUT2D eigenvalue weighted by atomic mass is 32.2. The number of carbonyl (C=O) groups excluding carboxylic acids is 1. The van der Waals surface area contributed by atoms with Crippen LogP contribution in [0.15, 0.2) is 52.1 Å². The standard InChI is InChI=1S/C24H32N4O2S/c1-31-17-13-26-24(25-12-10-20-6-5-16-30-20)28-18-19(21-7-2-3-8-22(21)28)11-15-27-14-4-9-23(27)29/h2-3,5-8,16,19H,4,9-15,17-18H2,1H3,(H,25,26). The van der Waals surface area contributed by atoms with E-state index in [0.717, 1.165) is 69.5 Å².